The molecule has 2 amide bonds. The van der Waals surface area contributed by atoms with Gasteiger partial charge in [-0.25, -0.2) is 0 Å². The SMILES string of the molecule is O=C(O)CC1C(=O)NCCN1C(=O)c1cccs1. The van der Waals surface area contributed by atoms with Crippen molar-refractivity contribution in [3.8, 4) is 0 Å². The van der Waals surface area contributed by atoms with Crippen LogP contribution in [0.4, 0.5) is 0 Å². The number of rotatable bonds is 3. The lowest BCUT2D eigenvalue weighted by Gasteiger charge is -2.33. The van der Waals surface area contributed by atoms with Gasteiger partial charge in [0.25, 0.3) is 5.91 Å². The van der Waals surface area contributed by atoms with E-state index in [1.54, 1.807) is 17.5 Å². The molecule has 6 nitrogen and oxygen atoms in total. The van der Waals surface area contributed by atoms with Crippen LogP contribution in [0.1, 0.15) is 16.1 Å². The number of nitrogens with one attached hydrogen (secondary N) is 1. The molecule has 1 fully saturated rings. The Labute approximate surface area is 107 Å². The highest BCUT2D eigenvalue weighted by Crippen LogP contribution is 2.17. The number of carbonyl (C=O) groups is 3. The van der Waals surface area contributed by atoms with Gasteiger partial charge in [-0.2, -0.15) is 0 Å². The van der Waals surface area contributed by atoms with E-state index in [9.17, 15) is 14.4 Å². The Morgan fingerprint density at radius 2 is 2.33 bits per heavy atom. The molecule has 0 spiro atoms. The van der Waals surface area contributed by atoms with Crippen molar-refractivity contribution in [3.63, 3.8) is 0 Å². The molecule has 1 aromatic rings. The topological polar surface area (TPSA) is 86.7 Å². The molecule has 2 heterocycles. The fourth-order valence-electron chi connectivity index (χ4n) is 1.87. The van der Waals surface area contributed by atoms with Gasteiger partial charge in [0, 0.05) is 13.1 Å². The Hall–Kier alpha value is -1.89. The normalized spacial score (nSPS) is 19.4. The van der Waals surface area contributed by atoms with E-state index in [1.807, 2.05) is 0 Å². The summed E-state index contributed by atoms with van der Waals surface area (Å²) in [5, 5.41) is 13.1. The van der Waals surface area contributed by atoms with E-state index >= 15 is 0 Å². The fraction of sp³-hybridized carbons (Fsp3) is 0.364. The van der Waals surface area contributed by atoms with Crippen LogP contribution in [0.25, 0.3) is 0 Å². The first-order valence-corrected chi connectivity index (χ1v) is 6.31. The van der Waals surface area contributed by atoms with E-state index in [4.69, 9.17) is 5.11 Å². The highest BCUT2D eigenvalue weighted by Gasteiger charge is 2.35. The summed E-state index contributed by atoms with van der Waals surface area (Å²) in [6, 6.07) is 2.48. The number of hydrogen-bond donors (Lipinski definition) is 2. The van der Waals surface area contributed by atoms with Crippen molar-refractivity contribution in [2.75, 3.05) is 13.1 Å². The average Bonchev–Trinajstić information content (AvgIpc) is 2.84. The van der Waals surface area contributed by atoms with E-state index in [-0.39, 0.29) is 12.3 Å². The predicted octanol–water partition coefficient (Wildman–Crippen LogP) is 0.163. The lowest BCUT2D eigenvalue weighted by atomic mass is 10.1. The summed E-state index contributed by atoms with van der Waals surface area (Å²) in [6.07, 6.45) is -0.372. The van der Waals surface area contributed by atoms with Crippen molar-refractivity contribution >= 4 is 29.1 Å². The van der Waals surface area contributed by atoms with Gasteiger partial charge < -0.3 is 15.3 Å². The third-order valence-corrected chi connectivity index (χ3v) is 3.55. The van der Waals surface area contributed by atoms with E-state index in [1.165, 1.54) is 16.2 Å². The maximum absolute atomic E-state index is 12.2. The monoisotopic (exact) mass is 268 g/mol. The number of carboxylic acid groups (broad SMARTS) is 1. The second-order valence-electron chi connectivity index (χ2n) is 3.88. The second kappa shape index (κ2) is 5.18. The van der Waals surface area contributed by atoms with Gasteiger partial charge in [-0.3, -0.25) is 14.4 Å². The number of carbonyl (C=O) groups excluding carboxylic acids is 2. The van der Waals surface area contributed by atoms with Gasteiger partial charge in [0.15, 0.2) is 0 Å². The van der Waals surface area contributed by atoms with Crippen LogP contribution in [0.2, 0.25) is 0 Å². The zero-order valence-corrected chi connectivity index (χ0v) is 10.3. The van der Waals surface area contributed by atoms with Gasteiger partial charge in [0.2, 0.25) is 5.91 Å². The summed E-state index contributed by atoms with van der Waals surface area (Å²) >= 11 is 1.28. The summed E-state index contributed by atoms with van der Waals surface area (Å²) in [5.74, 6) is -1.79. The van der Waals surface area contributed by atoms with Gasteiger partial charge in [-0.15, -0.1) is 11.3 Å². The molecule has 0 aromatic carbocycles. The maximum Gasteiger partial charge on any atom is 0.305 e. The van der Waals surface area contributed by atoms with Crippen molar-refractivity contribution in [1.82, 2.24) is 10.2 Å². The molecule has 1 atom stereocenters. The molecular weight excluding hydrogens is 256 g/mol. The van der Waals surface area contributed by atoms with E-state index < -0.39 is 17.9 Å². The number of hydrogen-bond acceptors (Lipinski definition) is 4. The number of thiophene rings is 1. The quantitative estimate of drug-likeness (QED) is 0.817. The number of amides is 2. The van der Waals surface area contributed by atoms with Gasteiger partial charge >= 0.3 is 5.97 Å². The Bertz CT molecular complexity index is 471. The van der Waals surface area contributed by atoms with Gasteiger partial charge in [-0.1, -0.05) is 6.07 Å². The standard InChI is InChI=1S/C11H12N2O4S/c14-9(15)6-7-10(16)12-3-4-13(7)11(17)8-2-1-5-18-8/h1-2,5,7H,3-4,6H2,(H,12,16)(H,14,15). The molecule has 2 rings (SSSR count). The van der Waals surface area contributed by atoms with E-state index in [0.717, 1.165) is 0 Å². The first-order chi connectivity index (χ1) is 8.59. The Morgan fingerprint density at radius 1 is 1.56 bits per heavy atom. The van der Waals surface area contributed by atoms with E-state index in [2.05, 4.69) is 5.32 Å². The van der Waals surface area contributed by atoms with Crippen molar-refractivity contribution in [1.29, 1.82) is 0 Å². The molecule has 2 N–H and O–H groups in total. The van der Waals surface area contributed by atoms with Crippen LogP contribution in [-0.2, 0) is 9.59 Å². The molecule has 96 valence electrons. The first kappa shape index (κ1) is 12.6. The summed E-state index contributed by atoms with van der Waals surface area (Å²) < 4.78 is 0. The summed E-state index contributed by atoms with van der Waals surface area (Å²) in [4.78, 5) is 36.4. The Balaban J connectivity index is 2.20. The third kappa shape index (κ3) is 2.51. The molecule has 1 unspecified atom stereocenters. The molecule has 0 aliphatic carbocycles. The molecule has 1 aromatic heterocycles. The zero-order valence-electron chi connectivity index (χ0n) is 9.46. The minimum absolute atomic E-state index is 0.286. The van der Waals surface area contributed by atoms with Crippen molar-refractivity contribution in [2.45, 2.75) is 12.5 Å². The fourth-order valence-corrected chi connectivity index (χ4v) is 2.55. The zero-order chi connectivity index (χ0) is 13.1. The van der Waals surface area contributed by atoms with Gasteiger partial charge in [-0.05, 0) is 11.4 Å². The highest BCUT2D eigenvalue weighted by molar-refractivity contribution is 7.12. The minimum Gasteiger partial charge on any atom is -0.481 e. The molecule has 0 saturated carbocycles. The second-order valence-corrected chi connectivity index (χ2v) is 4.83. The van der Waals surface area contributed by atoms with Crippen molar-refractivity contribution < 1.29 is 19.5 Å². The van der Waals surface area contributed by atoms with E-state index in [0.29, 0.717) is 18.0 Å². The molecule has 1 aliphatic rings. The first-order valence-electron chi connectivity index (χ1n) is 5.43. The number of nitrogens with zero attached hydrogens (tertiary/aromatic N) is 1. The smallest absolute Gasteiger partial charge is 0.305 e. The molecule has 0 radical (unpaired) electrons. The van der Waals surface area contributed by atoms with Crippen molar-refractivity contribution in [2.24, 2.45) is 0 Å². The molecule has 18 heavy (non-hydrogen) atoms. The molecule has 0 bridgehead atoms. The largest absolute Gasteiger partial charge is 0.481 e. The number of aliphatic carboxylic acids is 1. The molecule has 1 aliphatic heterocycles. The van der Waals surface area contributed by atoms with Crippen LogP contribution in [0.5, 0.6) is 0 Å². The highest BCUT2D eigenvalue weighted by atomic mass is 32.1. The van der Waals surface area contributed by atoms with Gasteiger partial charge in [0.05, 0.1) is 11.3 Å². The average molecular weight is 268 g/mol. The van der Waals surface area contributed by atoms with Crippen LogP contribution < -0.4 is 5.32 Å². The van der Waals surface area contributed by atoms with Crippen molar-refractivity contribution in [3.05, 3.63) is 22.4 Å². The van der Waals surface area contributed by atoms with Crippen LogP contribution in [0, 0.1) is 0 Å². The van der Waals surface area contributed by atoms with Gasteiger partial charge in [0.1, 0.15) is 6.04 Å². The predicted molar refractivity (Wildman–Crippen MR) is 64.4 cm³/mol. The summed E-state index contributed by atoms with van der Waals surface area (Å²) in [5.41, 5.74) is 0. The minimum atomic E-state index is -1.10. The Morgan fingerprint density at radius 3 is 2.94 bits per heavy atom. The maximum atomic E-state index is 12.2. The van der Waals surface area contributed by atoms with Crippen LogP contribution in [-0.4, -0.2) is 46.9 Å². The summed E-state index contributed by atoms with van der Waals surface area (Å²) in [7, 11) is 0. The Kier molecular flexibility index (Phi) is 3.61. The number of carboxylic acids is 1. The summed E-state index contributed by atoms with van der Waals surface area (Å²) in [6.45, 7) is 0.687. The molecular formula is C11H12N2O4S. The third-order valence-electron chi connectivity index (χ3n) is 2.69. The van der Waals surface area contributed by atoms with Crippen LogP contribution in [0.3, 0.4) is 0 Å². The van der Waals surface area contributed by atoms with Crippen LogP contribution >= 0.6 is 11.3 Å². The molecule has 1 saturated heterocycles. The lowest BCUT2D eigenvalue weighted by molar-refractivity contribution is -0.142. The lowest BCUT2D eigenvalue weighted by Crippen LogP contribution is -2.57. The number of piperazine rings is 1. The molecule has 7 heteroatoms. The van der Waals surface area contributed by atoms with Crippen LogP contribution in [0.15, 0.2) is 17.5 Å².